The van der Waals surface area contributed by atoms with Gasteiger partial charge in [-0.1, -0.05) is 34.1 Å². The molecule has 0 saturated carbocycles. The number of anilines is 2. The number of para-hydroxylation sites is 1. The summed E-state index contributed by atoms with van der Waals surface area (Å²) in [4.78, 5) is 54.4. The molecule has 12 heteroatoms. The van der Waals surface area contributed by atoms with Crippen LogP contribution in [0.4, 0.5) is 17.1 Å². The maximum absolute atomic E-state index is 12.8. The van der Waals surface area contributed by atoms with Crippen molar-refractivity contribution < 1.29 is 5.11 Å². The molecule has 41 heavy (non-hydrogen) atoms. The number of aromatic nitrogens is 4. The van der Waals surface area contributed by atoms with Gasteiger partial charge < -0.3 is 24.9 Å². The molecule has 0 spiro atoms. The number of imidazole rings is 1. The molecule has 1 fully saturated rings. The average molecular weight is 616 g/mol. The second-order valence-corrected chi connectivity index (χ2v) is 10.7. The summed E-state index contributed by atoms with van der Waals surface area (Å²) in [5.74, 6) is -0.526. The Morgan fingerprint density at radius 1 is 0.854 bits per heavy atom. The first-order valence-corrected chi connectivity index (χ1v) is 13.8. The summed E-state index contributed by atoms with van der Waals surface area (Å²) in [6, 6.07) is 19.0. The fraction of sp³-hybridized carbons (Fsp3) is 0.172. The van der Waals surface area contributed by atoms with E-state index in [1.165, 1.54) is 6.21 Å². The van der Waals surface area contributed by atoms with Crippen molar-refractivity contribution >= 4 is 50.2 Å². The minimum absolute atomic E-state index is 0.172. The summed E-state index contributed by atoms with van der Waals surface area (Å²) < 4.78 is 1.86. The maximum Gasteiger partial charge on any atom is 0.335 e. The van der Waals surface area contributed by atoms with Crippen LogP contribution in [0.5, 0.6) is 5.88 Å². The molecule has 2 aromatic heterocycles. The third-order valence-electron chi connectivity index (χ3n) is 7.21. The molecule has 1 saturated heterocycles. The molecule has 0 amide bonds. The number of rotatable bonds is 5. The molecular formula is C29H26BrN7O4. The molecule has 0 unspecified atom stereocenters. The van der Waals surface area contributed by atoms with Gasteiger partial charge >= 0.3 is 11.4 Å². The number of nitrogens with one attached hydrogen (secondary N) is 3. The Morgan fingerprint density at radius 2 is 1.54 bits per heavy atom. The van der Waals surface area contributed by atoms with Crippen LogP contribution < -0.4 is 26.7 Å². The number of benzene rings is 3. The lowest BCUT2D eigenvalue weighted by atomic mass is 10.1. The first-order valence-electron chi connectivity index (χ1n) is 13.0. The Balaban J connectivity index is 1.39. The molecule has 3 heterocycles. The topological polar surface area (TPSA) is 143 Å². The van der Waals surface area contributed by atoms with Gasteiger partial charge in [-0.05, 0) is 55.0 Å². The number of nitrogens with zero attached hydrogens (tertiary/aromatic N) is 4. The van der Waals surface area contributed by atoms with Crippen LogP contribution in [0.15, 0.2) is 84.5 Å². The van der Waals surface area contributed by atoms with Crippen molar-refractivity contribution in [3.05, 3.63) is 108 Å². The minimum Gasteiger partial charge on any atom is -0.493 e. The molecule has 5 aromatic rings. The Morgan fingerprint density at radius 3 is 2.24 bits per heavy atom. The molecule has 4 N–H and O–H groups in total. The minimum atomic E-state index is -0.767. The van der Waals surface area contributed by atoms with E-state index in [2.05, 4.69) is 57.8 Å². The SMILES string of the molecule is Cc1cc(Br)ccc1-n1c(O)c(C=Nc2cc3[nH]c(=O)[nH]c3cc2N2CCN(c3ccccc3)CC2)c(=O)[nH]c1=O. The smallest absolute Gasteiger partial charge is 0.335 e. The molecule has 3 aromatic carbocycles. The van der Waals surface area contributed by atoms with Crippen LogP contribution in [-0.2, 0) is 0 Å². The number of piperazine rings is 1. The molecule has 0 aliphatic carbocycles. The third kappa shape index (κ3) is 5.09. The highest BCUT2D eigenvalue weighted by atomic mass is 79.9. The van der Waals surface area contributed by atoms with Crippen LogP contribution in [0.3, 0.4) is 0 Å². The zero-order valence-electron chi connectivity index (χ0n) is 22.0. The van der Waals surface area contributed by atoms with Gasteiger partial charge in [0.25, 0.3) is 5.56 Å². The van der Waals surface area contributed by atoms with Crippen LogP contribution in [0.25, 0.3) is 16.7 Å². The van der Waals surface area contributed by atoms with Gasteiger partial charge in [-0.25, -0.2) is 14.2 Å². The van der Waals surface area contributed by atoms with E-state index in [0.29, 0.717) is 41.1 Å². The van der Waals surface area contributed by atoms with Gasteiger partial charge in [-0.2, -0.15) is 0 Å². The van der Waals surface area contributed by atoms with Gasteiger partial charge in [0.1, 0.15) is 5.56 Å². The first kappa shape index (κ1) is 26.4. The number of aryl methyl sites for hydroxylation is 1. The fourth-order valence-electron chi connectivity index (χ4n) is 5.14. The van der Waals surface area contributed by atoms with E-state index in [1.54, 1.807) is 31.2 Å². The highest BCUT2D eigenvalue weighted by Gasteiger charge is 2.21. The zero-order chi connectivity index (χ0) is 28.7. The van der Waals surface area contributed by atoms with Crippen molar-refractivity contribution in [1.82, 2.24) is 19.5 Å². The second kappa shape index (κ2) is 10.6. The third-order valence-corrected chi connectivity index (χ3v) is 7.70. The van der Waals surface area contributed by atoms with Crippen LogP contribution in [0.1, 0.15) is 11.1 Å². The molecule has 208 valence electrons. The van der Waals surface area contributed by atoms with Crippen molar-refractivity contribution in [2.75, 3.05) is 36.0 Å². The van der Waals surface area contributed by atoms with E-state index in [1.807, 2.05) is 24.3 Å². The van der Waals surface area contributed by atoms with E-state index in [0.717, 1.165) is 33.5 Å². The largest absolute Gasteiger partial charge is 0.493 e. The van der Waals surface area contributed by atoms with Crippen molar-refractivity contribution in [3.63, 3.8) is 0 Å². The number of H-pyrrole nitrogens is 3. The van der Waals surface area contributed by atoms with Crippen molar-refractivity contribution in [3.8, 4) is 11.6 Å². The second-order valence-electron chi connectivity index (χ2n) is 9.80. The van der Waals surface area contributed by atoms with Crippen LogP contribution >= 0.6 is 15.9 Å². The number of halogens is 1. The Labute approximate surface area is 241 Å². The van der Waals surface area contributed by atoms with E-state index in [9.17, 15) is 19.5 Å². The van der Waals surface area contributed by atoms with Gasteiger partial charge in [0.2, 0.25) is 5.88 Å². The number of aliphatic imine (C=N–C) groups is 1. The summed E-state index contributed by atoms with van der Waals surface area (Å²) in [5, 5.41) is 11.1. The lowest BCUT2D eigenvalue weighted by Gasteiger charge is -2.37. The van der Waals surface area contributed by atoms with Crippen molar-refractivity contribution in [2.45, 2.75) is 6.92 Å². The van der Waals surface area contributed by atoms with E-state index in [-0.39, 0.29) is 11.3 Å². The van der Waals surface area contributed by atoms with Crippen molar-refractivity contribution in [1.29, 1.82) is 0 Å². The first-order chi connectivity index (χ1) is 19.8. The van der Waals surface area contributed by atoms with E-state index < -0.39 is 17.1 Å². The Kier molecular flexibility index (Phi) is 6.83. The molecule has 1 aliphatic heterocycles. The Hall–Kier alpha value is -4.84. The van der Waals surface area contributed by atoms with Gasteiger partial charge in [-0.3, -0.25) is 14.8 Å². The molecule has 0 atom stereocenters. The van der Waals surface area contributed by atoms with Gasteiger partial charge in [0.15, 0.2) is 0 Å². The molecular weight excluding hydrogens is 590 g/mol. The lowest BCUT2D eigenvalue weighted by molar-refractivity contribution is 0.430. The predicted octanol–water partition coefficient (Wildman–Crippen LogP) is 3.55. The summed E-state index contributed by atoms with van der Waals surface area (Å²) in [6.07, 6.45) is 1.24. The summed E-state index contributed by atoms with van der Waals surface area (Å²) in [6.45, 7) is 4.77. The maximum atomic E-state index is 12.8. The molecule has 6 rings (SSSR count). The zero-order valence-corrected chi connectivity index (χ0v) is 23.6. The lowest BCUT2D eigenvalue weighted by Crippen LogP contribution is -2.46. The number of aromatic hydroxyl groups is 1. The molecule has 0 bridgehead atoms. The predicted molar refractivity (Wildman–Crippen MR) is 164 cm³/mol. The molecule has 1 aliphatic rings. The number of hydrogen-bond acceptors (Lipinski definition) is 7. The van der Waals surface area contributed by atoms with Crippen LogP contribution in [0, 0.1) is 6.92 Å². The number of aromatic amines is 3. The number of hydrogen-bond donors (Lipinski definition) is 4. The van der Waals surface area contributed by atoms with Crippen molar-refractivity contribution in [2.24, 2.45) is 4.99 Å². The van der Waals surface area contributed by atoms with Crippen LogP contribution in [-0.4, -0.2) is 57.0 Å². The van der Waals surface area contributed by atoms with Gasteiger partial charge in [0.05, 0.1) is 28.1 Å². The van der Waals surface area contributed by atoms with Gasteiger partial charge in [0, 0.05) is 42.6 Å². The monoisotopic (exact) mass is 615 g/mol. The highest BCUT2D eigenvalue weighted by Crippen LogP contribution is 2.33. The van der Waals surface area contributed by atoms with E-state index >= 15 is 0 Å². The average Bonchev–Trinajstić information content (AvgIpc) is 3.33. The fourth-order valence-corrected chi connectivity index (χ4v) is 5.62. The summed E-state index contributed by atoms with van der Waals surface area (Å²) >= 11 is 3.40. The van der Waals surface area contributed by atoms with Crippen LogP contribution in [0.2, 0.25) is 0 Å². The summed E-state index contributed by atoms with van der Waals surface area (Å²) in [5.41, 5.74) is 2.70. The summed E-state index contributed by atoms with van der Waals surface area (Å²) in [7, 11) is 0. The standard InChI is InChI=1S/C29H26BrN7O4/c1-17-13-18(30)7-8-24(17)37-27(39)20(26(38)34-29(37)41)16-31-23-14-21-22(33-28(40)32-21)15-25(23)36-11-9-35(10-12-36)19-5-3-2-4-6-19/h2-8,13-16,39H,9-12H2,1H3,(H2,32,33,40)(H,34,38,41). The highest BCUT2D eigenvalue weighted by molar-refractivity contribution is 9.10. The normalized spacial score (nSPS) is 13.9. The molecule has 11 nitrogen and oxygen atoms in total. The Bertz CT molecular complexity index is 1970. The molecule has 0 radical (unpaired) electrons. The van der Waals surface area contributed by atoms with E-state index in [4.69, 9.17) is 0 Å². The van der Waals surface area contributed by atoms with Gasteiger partial charge in [-0.15, -0.1) is 0 Å². The quantitative estimate of drug-likeness (QED) is 0.223. The number of fused-ring (bicyclic) bond motifs is 1.